The van der Waals surface area contributed by atoms with Crippen LogP contribution in [0, 0.1) is 5.92 Å². The van der Waals surface area contributed by atoms with Crippen molar-refractivity contribution in [2.24, 2.45) is 5.92 Å². The first-order valence-corrected chi connectivity index (χ1v) is 5.10. The van der Waals surface area contributed by atoms with E-state index < -0.39 is 6.10 Å². The van der Waals surface area contributed by atoms with Gasteiger partial charge in [0.15, 0.2) is 0 Å². The van der Waals surface area contributed by atoms with Gasteiger partial charge in [-0.2, -0.15) is 0 Å². The first kappa shape index (κ1) is 10.2. The van der Waals surface area contributed by atoms with Gasteiger partial charge in [-0.1, -0.05) is 37.3 Å². The number of hydrogen-bond donors (Lipinski definition) is 1. The second kappa shape index (κ2) is 4.03. The quantitative estimate of drug-likeness (QED) is 0.705. The standard InChI is InChI=1S/C12H14O3/c1-8-10(13)7-15-12(14)11(8)9-5-3-2-4-6-9/h2-6,8,10-11,13H,7H2,1H3. The van der Waals surface area contributed by atoms with E-state index in [0.29, 0.717) is 0 Å². The Balaban J connectivity index is 2.29. The van der Waals surface area contributed by atoms with Crippen molar-refractivity contribution in [3.05, 3.63) is 35.9 Å². The Morgan fingerprint density at radius 1 is 1.33 bits per heavy atom. The number of esters is 1. The SMILES string of the molecule is CC1C(O)COC(=O)C1c1ccccc1. The zero-order valence-electron chi connectivity index (χ0n) is 8.59. The molecule has 1 heterocycles. The fourth-order valence-corrected chi connectivity index (χ4v) is 1.95. The smallest absolute Gasteiger partial charge is 0.313 e. The summed E-state index contributed by atoms with van der Waals surface area (Å²) in [5.74, 6) is -0.664. The highest BCUT2D eigenvalue weighted by Gasteiger charge is 2.37. The number of cyclic esters (lactones) is 1. The van der Waals surface area contributed by atoms with Gasteiger partial charge < -0.3 is 9.84 Å². The molecule has 80 valence electrons. The van der Waals surface area contributed by atoms with Crippen LogP contribution in [0.5, 0.6) is 0 Å². The topological polar surface area (TPSA) is 46.5 Å². The molecule has 0 aromatic heterocycles. The molecule has 0 saturated carbocycles. The molecule has 3 nitrogen and oxygen atoms in total. The van der Waals surface area contributed by atoms with Crippen molar-refractivity contribution < 1.29 is 14.6 Å². The van der Waals surface area contributed by atoms with E-state index in [1.807, 2.05) is 37.3 Å². The van der Waals surface area contributed by atoms with Gasteiger partial charge >= 0.3 is 5.97 Å². The first-order chi connectivity index (χ1) is 7.20. The number of rotatable bonds is 1. The van der Waals surface area contributed by atoms with Crippen molar-refractivity contribution in [1.82, 2.24) is 0 Å². The maximum Gasteiger partial charge on any atom is 0.313 e. The van der Waals surface area contributed by atoms with Gasteiger partial charge in [0.2, 0.25) is 0 Å². The minimum Gasteiger partial charge on any atom is -0.462 e. The number of aliphatic hydroxyl groups excluding tert-OH is 1. The predicted octanol–water partition coefficient (Wildman–Crippen LogP) is 1.32. The Morgan fingerprint density at radius 3 is 2.67 bits per heavy atom. The molecule has 1 aromatic rings. The summed E-state index contributed by atoms with van der Waals surface area (Å²) in [5, 5.41) is 9.65. The summed E-state index contributed by atoms with van der Waals surface area (Å²) in [6.07, 6.45) is -0.562. The summed E-state index contributed by atoms with van der Waals surface area (Å²) >= 11 is 0. The van der Waals surface area contributed by atoms with Crippen molar-refractivity contribution in [2.45, 2.75) is 18.9 Å². The highest BCUT2D eigenvalue weighted by molar-refractivity contribution is 5.79. The van der Waals surface area contributed by atoms with E-state index in [4.69, 9.17) is 4.74 Å². The van der Waals surface area contributed by atoms with E-state index in [9.17, 15) is 9.90 Å². The molecular weight excluding hydrogens is 192 g/mol. The minimum atomic E-state index is -0.562. The normalized spacial score (nSPS) is 31.1. The molecule has 1 saturated heterocycles. The Morgan fingerprint density at radius 2 is 2.00 bits per heavy atom. The Hall–Kier alpha value is -1.35. The average Bonchev–Trinajstić information content (AvgIpc) is 2.26. The van der Waals surface area contributed by atoms with Crippen molar-refractivity contribution in [1.29, 1.82) is 0 Å². The molecule has 3 atom stereocenters. The molecular formula is C12H14O3. The van der Waals surface area contributed by atoms with E-state index in [-0.39, 0.29) is 24.4 Å². The number of benzene rings is 1. The molecule has 1 fully saturated rings. The van der Waals surface area contributed by atoms with Crippen LogP contribution in [0.4, 0.5) is 0 Å². The van der Waals surface area contributed by atoms with Gasteiger partial charge in [0, 0.05) is 5.92 Å². The molecule has 1 N–H and O–H groups in total. The summed E-state index contributed by atoms with van der Waals surface area (Å²) < 4.78 is 4.94. The third-order valence-corrected chi connectivity index (χ3v) is 2.94. The lowest BCUT2D eigenvalue weighted by molar-refractivity contribution is -0.160. The highest BCUT2D eigenvalue weighted by Crippen LogP contribution is 2.31. The van der Waals surface area contributed by atoms with Crippen LogP contribution in [-0.2, 0) is 9.53 Å². The van der Waals surface area contributed by atoms with E-state index in [0.717, 1.165) is 5.56 Å². The first-order valence-electron chi connectivity index (χ1n) is 5.10. The van der Waals surface area contributed by atoms with Crippen LogP contribution in [0.25, 0.3) is 0 Å². The van der Waals surface area contributed by atoms with Crippen molar-refractivity contribution in [2.75, 3.05) is 6.61 Å². The summed E-state index contributed by atoms with van der Waals surface area (Å²) in [7, 11) is 0. The second-order valence-corrected chi connectivity index (χ2v) is 3.94. The lowest BCUT2D eigenvalue weighted by Crippen LogP contribution is -2.39. The van der Waals surface area contributed by atoms with E-state index in [2.05, 4.69) is 0 Å². The largest absolute Gasteiger partial charge is 0.462 e. The predicted molar refractivity (Wildman–Crippen MR) is 55.3 cm³/mol. The molecule has 0 bridgehead atoms. The van der Waals surface area contributed by atoms with Gasteiger partial charge in [-0.25, -0.2) is 0 Å². The van der Waals surface area contributed by atoms with Crippen LogP contribution in [0.3, 0.4) is 0 Å². The lowest BCUT2D eigenvalue weighted by Gasteiger charge is -2.31. The molecule has 15 heavy (non-hydrogen) atoms. The fraction of sp³-hybridized carbons (Fsp3) is 0.417. The molecule has 1 aliphatic heterocycles. The van der Waals surface area contributed by atoms with Gasteiger partial charge in [0.1, 0.15) is 6.61 Å². The van der Waals surface area contributed by atoms with Crippen LogP contribution < -0.4 is 0 Å². The maximum atomic E-state index is 11.6. The van der Waals surface area contributed by atoms with Crippen molar-refractivity contribution in [3.8, 4) is 0 Å². The number of carbonyl (C=O) groups is 1. The number of ether oxygens (including phenoxy) is 1. The number of hydrogen-bond acceptors (Lipinski definition) is 3. The van der Waals surface area contributed by atoms with Crippen LogP contribution >= 0.6 is 0 Å². The summed E-state index contributed by atoms with van der Waals surface area (Å²) in [6.45, 7) is 1.99. The molecule has 0 spiro atoms. The zero-order valence-corrected chi connectivity index (χ0v) is 8.59. The summed E-state index contributed by atoms with van der Waals surface area (Å²) in [4.78, 5) is 11.6. The maximum absolute atomic E-state index is 11.6. The monoisotopic (exact) mass is 206 g/mol. The van der Waals surface area contributed by atoms with Gasteiger partial charge in [0.25, 0.3) is 0 Å². The Bertz CT molecular complexity index is 347. The zero-order chi connectivity index (χ0) is 10.8. The minimum absolute atomic E-state index is 0.0892. The lowest BCUT2D eigenvalue weighted by atomic mass is 9.82. The van der Waals surface area contributed by atoms with Gasteiger partial charge in [-0.3, -0.25) is 4.79 Å². The van der Waals surface area contributed by atoms with Gasteiger partial charge in [0.05, 0.1) is 12.0 Å². The molecule has 0 radical (unpaired) electrons. The van der Waals surface area contributed by atoms with Crippen molar-refractivity contribution >= 4 is 5.97 Å². The average molecular weight is 206 g/mol. The number of aliphatic hydroxyl groups is 1. The number of carbonyl (C=O) groups excluding carboxylic acids is 1. The molecule has 3 unspecified atom stereocenters. The van der Waals surface area contributed by atoms with Crippen LogP contribution in [-0.4, -0.2) is 23.8 Å². The van der Waals surface area contributed by atoms with Gasteiger partial charge in [-0.05, 0) is 5.56 Å². The third kappa shape index (κ3) is 1.88. The molecule has 0 aliphatic carbocycles. The molecule has 3 heteroatoms. The molecule has 1 aromatic carbocycles. The molecule has 0 amide bonds. The van der Waals surface area contributed by atoms with Crippen molar-refractivity contribution in [3.63, 3.8) is 0 Å². The fourth-order valence-electron chi connectivity index (χ4n) is 1.95. The van der Waals surface area contributed by atoms with Crippen LogP contribution in [0.1, 0.15) is 18.4 Å². The summed E-state index contributed by atoms with van der Waals surface area (Å²) in [5.41, 5.74) is 0.911. The summed E-state index contributed by atoms with van der Waals surface area (Å²) in [6, 6.07) is 9.45. The van der Waals surface area contributed by atoms with E-state index >= 15 is 0 Å². The Labute approximate surface area is 88.7 Å². The van der Waals surface area contributed by atoms with Gasteiger partial charge in [-0.15, -0.1) is 0 Å². The third-order valence-electron chi connectivity index (χ3n) is 2.94. The highest BCUT2D eigenvalue weighted by atomic mass is 16.5. The van der Waals surface area contributed by atoms with Crippen LogP contribution in [0.15, 0.2) is 30.3 Å². The van der Waals surface area contributed by atoms with Crippen LogP contribution in [0.2, 0.25) is 0 Å². The Kier molecular flexibility index (Phi) is 2.73. The second-order valence-electron chi connectivity index (χ2n) is 3.94. The van der Waals surface area contributed by atoms with E-state index in [1.54, 1.807) is 0 Å². The van der Waals surface area contributed by atoms with E-state index in [1.165, 1.54) is 0 Å². The molecule has 1 aliphatic rings. The molecule has 2 rings (SSSR count).